The van der Waals surface area contributed by atoms with Gasteiger partial charge in [-0.3, -0.25) is 9.59 Å². The molecule has 0 aliphatic carbocycles. The fraction of sp³-hybridized carbons (Fsp3) is 0.333. The summed E-state index contributed by atoms with van der Waals surface area (Å²) in [5.41, 5.74) is 0.606. The maximum atomic E-state index is 13.1. The number of sulfonamides is 1. The SMILES string of the molecule is CCCN(C(=O)CN(C)S(=O)(=O)c1ccc(F)cc1)C(C)C(=O)Nc1ccccc1. The van der Waals surface area contributed by atoms with Crippen molar-refractivity contribution in [2.45, 2.75) is 31.2 Å². The summed E-state index contributed by atoms with van der Waals surface area (Å²) in [6.45, 7) is 3.32. The molecule has 1 N–H and O–H groups in total. The van der Waals surface area contributed by atoms with Crippen LogP contribution in [0.25, 0.3) is 0 Å². The maximum absolute atomic E-state index is 13.1. The van der Waals surface area contributed by atoms with Crippen LogP contribution in [-0.4, -0.2) is 55.6 Å². The number of benzene rings is 2. The van der Waals surface area contributed by atoms with Crippen molar-refractivity contribution in [2.24, 2.45) is 0 Å². The maximum Gasteiger partial charge on any atom is 0.246 e. The van der Waals surface area contributed by atoms with E-state index in [4.69, 9.17) is 0 Å². The molecule has 2 amide bonds. The van der Waals surface area contributed by atoms with Crippen LogP contribution in [0.1, 0.15) is 20.3 Å². The number of rotatable bonds is 9. The molecule has 2 aromatic rings. The molecule has 0 aliphatic rings. The van der Waals surface area contributed by atoms with Crippen LogP contribution in [0.5, 0.6) is 0 Å². The summed E-state index contributed by atoms with van der Waals surface area (Å²) >= 11 is 0. The number of carbonyl (C=O) groups is 2. The van der Waals surface area contributed by atoms with Crippen LogP contribution in [0.4, 0.5) is 10.1 Å². The van der Waals surface area contributed by atoms with E-state index in [0.717, 1.165) is 28.6 Å². The zero-order valence-corrected chi connectivity index (χ0v) is 18.0. The molecule has 0 bridgehead atoms. The van der Waals surface area contributed by atoms with E-state index in [0.29, 0.717) is 18.7 Å². The van der Waals surface area contributed by atoms with Gasteiger partial charge in [0.1, 0.15) is 11.9 Å². The quantitative estimate of drug-likeness (QED) is 0.656. The largest absolute Gasteiger partial charge is 0.330 e. The van der Waals surface area contributed by atoms with Gasteiger partial charge in [0.15, 0.2) is 0 Å². The number of likely N-dealkylation sites (N-methyl/N-ethyl adjacent to an activating group) is 1. The standard InChI is InChI=1S/C21H26FN3O4S/c1-4-14-25(16(2)21(27)23-18-8-6-5-7-9-18)20(26)15-24(3)30(28,29)19-12-10-17(22)11-13-19/h5-13,16H,4,14-15H2,1-3H3,(H,23,27). The molecule has 2 rings (SSSR count). The Hall–Kier alpha value is -2.78. The second-order valence-electron chi connectivity index (χ2n) is 6.83. The van der Waals surface area contributed by atoms with Gasteiger partial charge in [0, 0.05) is 19.3 Å². The summed E-state index contributed by atoms with van der Waals surface area (Å²) in [6, 6.07) is 12.4. The minimum Gasteiger partial charge on any atom is -0.330 e. The van der Waals surface area contributed by atoms with E-state index < -0.39 is 34.3 Å². The first-order valence-electron chi connectivity index (χ1n) is 9.54. The van der Waals surface area contributed by atoms with Crippen molar-refractivity contribution in [1.82, 2.24) is 9.21 Å². The molecule has 30 heavy (non-hydrogen) atoms. The first-order chi connectivity index (χ1) is 14.2. The average Bonchev–Trinajstić information content (AvgIpc) is 2.72. The smallest absolute Gasteiger partial charge is 0.246 e. The first kappa shape index (κ1) is 23.5. The Morgan fingerprint density at radius 3 is 2.23 bits per heavy atom. The third kappa shape index (κ3) is 5.87. The number of carbonyl (C=O) groups excluding carboxylic acids is 2. The Kier molecular flexibility index (Phi) is 8.08. The molecule has 162 valence electrons. The van der Waals surface area contributed by atoms with Crippen molar-refractivity contribution in [2.75, 3.05) is 25.5 Å². The van der Waals surface area contributed by atoms with Crippen LogP contribution >= 0.6 is 0 Å². The predicted molar refractivity (Wildman–Crippen MR) is 113 cm³/mol. The molecule has 2 aromatic carbocycles. The zero-order chi connectivity index (χ0) is 22.3. The average molecular weight is 436 g/mol. The van der Waals surface area contributed by atoms with Gasteiger partial charge in [0.25, 0.3) is 0 Å². The highest BCUT2D eigenvalue weighted by Crippen LogP contribution is 2.16. The molecule has 0 aliphatic heterocycles. The second-order valence-corrected chi connectivity index (χ2v) is 8.88. The molecule has 0 radical (unpaired) electrons. The van der Waals surface area contributed by atoms with Crippen LogP contribution < -0.4 is 5.32 Å². The number of para-hydroxylation sites is 1. The molecule has 7 nitrogen and oxygen atoms in total. The summed E-state index contributed by atoms with van der Waals surface area (Å²) in [4.78, 5) is 26.7. The molecular formula is C21H26FN3O4S. The van der Waals surface area contributed by atoms with Gasteiger partial charge >= 0.3 is 0 Å². The number of halogens is 1. The van der Waals surface area contributed by atoms with Gasteiger partial charge in [-0.25, -0.2) is 12.8 Å². The van der Waals surface area contributed by atoms with Crippen LogP contribution in [0.3, 0.4) is 0 Å². The molecular weight excluding hydrogens is 409 g/mol. The fourth-order valence-electron chi connectivity index (χ4n) is 2.84. The van der Waals surface area contributed by atoms with Gasteiger partial charge in [0.05, 0.1) is 11.4 Å². The number of hydrogen-bond donors (Lipinski definition) is 1. The lowest BCUT2D eigenvalue weighted by atomic mass is 10.2. The van der Waals surface area contributed by atoms with Crippen molar-refractivity contribution in [3.05, 3.63) is 60.4 Å². The lowest BCUT2D eigenvalue weighted by Crippen LogP contribution is -2.49. The Morgan fingerprint density at radius 1 is 1.07 bits per heavy atom. The molecule has 0 heterocycles. The molecule has 1 unspecified atom stereocenters. The van der Waals surface area contributed by atoms with E-state index >= 15 is 0 Å². The van der Waals surface area contributed by atoms with Gasteiger partial charge in [-0.1, -0.05) is 25.1 Å². The van der Waals surface area contributed by atoms with Crippen molar-refractivity contribution in [1.29, 1.82) is 0 Å². The van der Waals surface area contributed by atoms with Crippen molar-refractivity contribution in [3.63, 3.8) is 0 Å². The molecule has 0 spiro atoms. The van der Waals surface area contributed by atoms with E-state index in [9.17, 15) is 22.4 Å². The van der Waals surface area contributed by atoms with E-state index in [1.165, 1.54) is 11.9 Å². The summed E-state index contributed by atoms with van der Waals surface area (Å²) in [5, 5.41) is 2.75. The molecule has 0 saturated carbocycles. The van der Waals surface area contributed by atoms with Gasteiger partial charge in [-0.15, -0.1) is 0 Å². The van der Waals surface area contributed by atoms with Gasteiger partial charge in [-0.05, 0) is 49.7 Å². The second kappa shape index (κ2) is 10.3. The molecule has 0 aromatic heterocycles. The lowest BCUT2D eigenvalue weighted by molar-refractivity contribution is -0.138. The molecule has 9 heteroatoms. The van der Waals surface area contributed by atoms with Crippen LogP contribution in [0.15, 0.2) is 59.5 Å². The Balaban J connectivity index is 2.11. The van der Waals surface area contributed by atoms with Crippen molar-refractivity contribution >= 4 is 27.5 Å². The summed E-state index contributed by atoms with van der Waals surface area (Å²) in [5.74, 6) is -1.42. The minimum absolute atomic E-state index is 0.115. The molecule has 1 atom stereocenters. The number of hydrogen-bond acceptors (Lipinski definition) is 4. The van der Waals surface area contributed by atoms with Gasteiger partial charge in [0.2, 0.25) is 21.8 Å². The Labute approximate surface area is 176 Å². The zero-order valence-electron chi connectivity index (χ0n) is 17.2. The summed E-state index contributed by atoms with van der Waals surface area (Å²) in [7, 11) is -2.70. The van der Waals surface area contributed by atoms with Crippen molar-refractivity contribution in [3.8, 4) is 0 Å². The summed E-state index contributed by atoms with van der Waals surface area (Å²) in [6.07, 6.45) is 0.600. The normalized spacial score (nSPS) is 12.4. The topological polar surface area (TPSA) is 86.8 Å². The number of nitrogens with zero attached hydrogens (tertiary/aromatic N) is 2. The van der Waals surface area contributed by atoms with Crippen molar-refractivity contribution < 1.29 is 22.4 Å². The van der Waals surface area contributed by atoms with Crippen LogP contribution in [-0.2, 0) is 19.6 Å². The van der Waals surface area contributed by atoms with Gasteiger partial charge in [-0.2, -0.15) is 4.31 Å². The number of anilines is 1. The van der Waals surface area contributed by atoms with Crippen LogP contribution in [0.2, 0.25) is 0 Å². The highest BCUT2D eigenvalue weighted by molar-refractivity contribution is 7.89. The fourth-order valence-corrected chi connectivity index (χ4v) is 3.96. The monoisotopic (exact) mass is 435 g/mol. The van der Waals surface area contributed by atoms with E-state index in [2.05, 4.69) is 5.32 Å². The summed E-state index contributed by atoms with van der Waals surface area (Å²) < 4.78 is 39.3. The lowest BCUT2D eigenvalue weighted by Gasteiger charge is -2.29. The van der Waals surface area contributed by atoms with E-state index in [1.54, 1.807) is 31.2 Å². The highest BCUT2D eigenvalue weighted by atomic mass is 32.2. The third-order valence-corrected chi connectivity index (χ3v) is 6.37. The molecule has 0 fully saturated rings. The van der Waals surface area contributed by atoms with Gasteiger partial charge < -0.3 is 10.2 Å². The number of nitrogens with one attached hydrogen (secondary N) is 1. The van der Waals surface area contributed by atoms with E-state index in [-0.39, 0.29) is 10.8 Å². The molecule has 0 saturated heterocycles. The van der Waals surface area contributed by atoms with Crippen LogP contribution in [0, 0.1) is 5.82 Å². The Morgan fingerprint density at radius 2 is 1.67 bits per heavy atom. The minimum atomic E-state index is -3.98. The third-order valence-electron chi connectivity index (χ3n) is 4.55. The predicted octanol–water partition coefficient (Wildman–Crippen LogP) is 2.71. The number of amides is 2. The Bertz CT molecular complexity index is 966. The van der Waals surface area contributed by atoms with E-state index in [1.807, 2.05) is 13.0 Å². The highest BCUT2D eigenvalue weighted by Gasteiger charge is 2.29. The first-order valence-corrected chi connectivity index (χ1v) is 11.0.